The number of carbonyl (C=O) groups excluding carboxylic acids is 2. The Morgan fingerprint density at radius 3 is 2.58 bits per heavy atom. The maximum absolute atomic E-state index is 13.5. The molecule has 2 aliphatic rings. The average molecular weight is 493 g/mol. The lowest BCUT2D eigenvalue weighted by atomic mass is 9.95. The van der Waals surface area contributed by atoms with Crippen LogP contribution >= 0.6 is 0 Å². The van der Waals surface area contributed by atoms with Gasteiger partial charge in [0, 0.05) is 24.7 Å². The van der Waals surface area contributed by atoms with Crippen molar-refractivity contribution in [3.05, 3.63) is 77.1 Å². The van der Waals surface area contributed by atoms with E-state index in [9.17, 15) is 14.0 Å². The van der Waals surface area contributed by atoms with Crippen LogP contribution < -0.4 is 10.1 Å². The first-order valence-electron chi connectivity index (χ1n) is 12.1. The number of ether oxygens (including phenoxy) is 2. The third kappa shape index (κ3) is 4.83. The van der Waals surface area contributed by atoms with E-state index in [1.165, 1.54) is 6.07 Å². The summed E-state index contributed by atoms with van der Waals surface area (Å²) in [7, 11) is 1.63. The maximum Gasteiger partial charge on any atom is 0.274 e. The molecule has 5 rings (SSSR count). The van der Waals surface area contributed by atoms with E-state index in [1.54, 1.807) is 37.4 Å². The fraction of sp³-hybridized carbons (Fsp3) is 0.370. The lowest BCUT2D eigenvalue weighted by Gasteiger charge is -2.31. The summed E-state index contributed by atoms with van der Waals surface area (Å²) in [5.41, 5.74) is 3.29. The molecule has 0 aliphatic carbocycles. The Morgan fingerprint density at radius 1 is 1.14 bits per heavy atom. The summed E-state index contributed by atoms with van der Waals surface area (Å²) in [6.45, 7) is 3.48. The van der Waals surface area contributed by atoms with Gasteiger partial charge in [-0.2, -0.15) is 0 Å². The van der Waals surface area contributed by atoms with Gasteiger partial charge < -0.3 is 24.3 Å². The first-order valence-corrected chi connectivity index (χ1v) is 12.1. The minimum atomic E-state index is -0.303. The molecule has 2 aliphatic heterocycles. The van der Waals surface area contributed by atoms with Crippen LogP contribution in [0.4, 0.5) is 10.1 Å². The van der Waals surface area contributed by atoms with Crippen molar-refractivity contribution in [2.75, 3.05) is 25.5 Å². The lowest BCUT2D eigenvalue weighted by Crippen LogP contribution is -2.42. The van der Waals surface area contributed by atoms with E-state index in [4.69, 9.17) is 9.47 Å². The molecule has 9 heteroatoms. The van der Waals surface area contributed by atoms with E-state index < -0.39 is 0 Å². The van der Waals surface area contributed by atoms with Crippen LogP contribution in [0, 0.1) is 18.7 Å². The van der Waals surface area contributed by atoms with Gasteiger partial charge in [-0.3, -0.25) is 9.59 Å². The van der Waals surface area contributed by atoms with Crippen molar-refractivity contribution in [3.63, 3.8) is 0 Å². The molecular formula is C27H29FN4O4. The minimum absolute atomic E-state index is 0.106. The van der Waals surface area contributed by atoms with Gasteiger partial charge in [-0.1, -0.05) is 12.1 Å². The number of benzene rings is 2. The van der Waals surface area contributed by atoms with E-state index >= 15 is 0 Å². The Balaban J connectivity index is 1.18. The minimum Gasteiger partial charge on any atom is -0.497 e. The first-order chi connectivity index (χ1) is 17.4. The number of fused-ring (bicyclic) bond motifs is 1. The number of halogens is 1. The van der Waals surface area contributed by atoms with Crippen molar-refractivity contribution < 1.29 is 23.5 Å². The smallest absolute Gasteiger partial charge is 0.274 e. The van der Waals surface area contributed by atoms with Crippen molar-refractivity contribution in [1.82, 2.24) is 14.5 Å². The van der Waals surface area contributed by atoms with E-state index in [2.05, 4.69) is 10.3 Å². The topological polar surface area (TPSA) is 85.7 Å². The number of imidazole rings is 1. The molecule has 0 unspecified atom stereocenters. The molecule has 1 atom stereocenters. The number of likely N-dealkylation sites (tertiary alicyclic amines) is 1. The molecule has 36 heavy (non-hydrogen) atoms. The summed E-state index contributed by atoms with van der Waals surface area (Å²) in [6.07, 6.45) is 2.69. The van der Waals surface area contributed by atoms with Gasteiger partial charge >= 0.3 is 0 Å². The van der Waals surface area contributed by atoms with Crippen molar-refractivity contribution in [3.8, 4) is 5.75 Å². The molecule has 3 aromatic rings. The van der Waals surface area contributed by atoms with Gasteiger partial charge in [0.25, 0.3) is 5.91 Å². The molecule has 3 heterocycles. The number of aromatic nitrogens is 2. The predicted octanol–water partition coefficient (Wildman–Crippen LogP) is 4.10. The van der Waals surface area contributed by atoms with Crippen LogP contribution in [0.3, 0.4) is 0 Å². The molecule has 1 aromatic heterocycles. The van der Waals surface area contributed by atoms with Gasteiger partial charge in [0.1, 0.15) is 17.7 Å². The van der Waals surface area contributed by atoms with Gasteiger partial charge in [-0.25, -0.2) is 9.37 Å². The second-order valence-electron chi connectivity index (χ2n) is 9.28. The number of hydrogen-bond acceptors (Lipinski definition) is 5. The Morgan fingerprint density at radius 2 is 1.89 bits per heavy atom. The van der Waals surface area contributed by atoms with E-state index in [0.717, 1.165) is 17.0 Å². The summed E-state index contributed by atoms with van der Waals surface area (Å²) < 4.78 is 26.8. The number of aryl methyl sites for hydroxylation is 1. The predicted molar refractivity (Wildman–Crippen MR) is 131 cm³/mol. The van der Waals surface area contributed by atoms with Crippen LogP contribution in [0.1, 0.15) is 46.3 Å². The second-order valence-corrected chi connectivity index (χ2v) is 9.28. The standard InChI is InChI=1S/C27H29FN4O4/c1-17-13-20(5-8-22(17)28)30-26(33)19-9-11-31(12-10-19)27(34)25-23-15-36-24(14-32(23)16-29-25)18-3-6-21(35-2)7-4-18/h3-8,13,16,19,24H,9-12,14-15H2,1-2H3,(H,30,33)/t24-/m0/s1. The number of rotatable bonds is 5. The van der Waals surface area contributed by atoms with Crippen molar-refractivity contribution in [1.29, 1.82) is 0 Å². The van der Waals surface area contributed by atoms with Crippen LogP contribution in [-0.2, 0) is 22.7 Å². The number of piperidine rings is 1. The van der Waals surface area contributed by atoms with Crippen LogP contribution in [0.5, 0.6) is 5.75 Å². The molecule has 188 valence electrons. The number of amides is 2. The van der Waals surface area contributed by atoms with Gasteiger partial charge in [-0.15, -0.1) is 0 Å². The van der Waals surface area contributed by atoms with E-state index in [0.29, 0.717) is 56.0 Å². The molecule has 2 amide bonds. The molecule has 0 saturated carbocycles. The van der Waals surface area contributed by atoms with Gasteiger partial charge in [0.2, 0.25) is 5.91 Å². The first kappa shape index (κ1) is 24.0. The molecule has 0 radical (unpaired) electrons. The summed E-state index contributed by atoms with van der Waals surface area (Å²) in [6, 6.07) is 12.3. The zero-order valence-corrected chi connectivity index (χ0v) is 20.4. The average Bonchev–Trinajstić information content (AvgIpc) is 3.34. The third-order valence-electron chi connectivity index (χ3n) is 7.00. The zero-order valence-electron chi connectivity index (χ0n) is 20.4. The van der Waals surface area contributed by atoms with Crippen molar-refractivity contribution >= 4 is 17.5 Å². The van der Waals surface area contributed by atoms with Gasteiger partial charge in [-0.05, 0) is 61.2 Å². The number of hydrogen-bond donors (Lipinski definition) is 1. The number of carbonyl (C=O) groups is 2. The fourth-order valence-electron chi connectivity index (χ4n) is 4.79. The molecule has 0 spiro atoms. The highest BCUT2D eigenvalue weighted by Crippen LogP contribution is 2.30. The maximum atomic E-state index is 13.5. The van der Waals surface area contributed by atoms with E-state index in [1.807, 2.05) is 28.8 Å². The number of methoxy groups -OCH3 is 1. The summed E-state index contributed by atoms with van der Waals surface area (Å²) in [5.74, 6) is 0.0399. The van der Waals surface area contributed by atoms with Crippen LogP contribution in [0.25, 0.3) is 0 Å². The second kappa shape index (κ2) is 10.1. The van der Waals surface area contributed by atoms with Crippen LogP contribution in [0.15, 0.2) is 48.8 Å². The Bertz CT molecular complexity index is 1270. The van der Waals surface area contributed by atoms with Crippen molar-refractivity contribution in [2.24, 2.45) is 5.92 Å². The highest BCUT2D eigenvalue weighted by atomic mass is 19.1. The van der Waals surface area contributed by atoms with Crippen LogP contribution in [0.2, 0.25) is 0 Å². The zero-order chi connectivity index (χ0) is 25.2. The number of nitrogens with zero attached hydrogens (tertiary/aromatic N) is 3. The number of nitrogens with one attached hydrogen (secondary N) is 1. The molecule has 1 N–H and O–H groups in total. The molecule has 1 fully saturated rings. The van der Waals surface area contributed by atoms with Crippen molar-refractivity contribution in [2.45, 2.75) is 39.0 Å². The Kier molecular flexibility index (Phi) is 6.73. The highest BCUT2D eigenvalue weighted by Gasteiger charge is 2.32. The Hall–Kier alpha value is -3.72. The lowest BCUT2D eigenvalue weighted by molar-refractivity contribution is -0.121. The summed E-state index contributed by atoms with van der Waals surface area (Å²) in [4.78, 5) is 32.1. The number of anilines is 1. The van der Waals surface area contributed by atoms with Gasteiger partial charge in [0.05, 0.1) is 32.3 Å². The fourth-order valence-corrected chi connectivity index (χ4v) is 4.79. The molecular weight excluding hydrogens is 463 g/mol. The summed E-state index contributed by atoms with van der Waals surface area (Å²) in [5, 5.41) is 2.87. The normalized spacial score (nSPS) is 18.0. The monoisotopic (exact) mass is 492 g/mol. The van der Waals surface area contributed by atoms with Gasteiger partial charge in [0.15, 0.2) is 5.69 Å². The largest absolute Gasteiger partial charge is 0.497 e. The molecule has 0 bridgehead atoms. The molecule has 2 aromatic carbocycles. The molecule has 8 nitrogen and oxygen atoms in total. The molecule has 1 saturated heterocycles. The van der Waals surface area contributed by atoms with E-state index in [-0.39, 0.29) is 29.7 Å². The van der Waals surface area contributed by atoms with Crippen LogP contribution in [-0.4, -0.2) is 46.5 Å². The highest BCUT2D eigenvalue weighted by molar-refractivity contribution is 5.95. The SMILES string of the molecule is COc1ccc([C@@H]2Cn3cnc(C(=O)N4CCC(C(=O)Nc5ccc(F)c(C)c5)CC4)c3CO2)cc1. The summed E-state index contributed by atoms with van der Waals surface area (Å²) >= 11 is 0. The third-order valence-corrected chi connectivity index (χ3v) is 7.00. The quantitative estimate of drug-likeness (QED) is 0.580. The Labute approximate surface area is 209 Å².